The lowest BCUT2D eigenvalue weighted by molar-refractivity contribution is -0.149. The predicted molar refractivity (Wildman–Crippen MR) is 66.5 cm³/mol. The van der Waals surface area contributed by atoms with Crippen molar-refractivity contribution in [1.82, 2.24) is 0 Å². The second kappa shape index (κ2) is 7.52. The van der Waals surface area contributed by atoms with Crippen LogP contribution in [0.3, 0.4) is 0 Å². The van der Waals surface area contributed by atoms with Gasteiger partial charge in [-0.2, -0.15) is 0 Å². The van der Waals surface area contributed by atoms with Gasteiger partial charge in [0, 0.05) is 26.7 Å². The van der Waals surface area contributed by atoms with Crippen molar-refractivity contribution in [3.8, 4) is 0 Å². The van der Waals surface area contributed by atoms with Crippen LogP contribution in [0.25, 0.3) is 0 Å². The number of carbonyl (C=O) groups excluding carboxylic acids is 2. The first-order valence-electron chi connectivity index (χ1n) is 4.65. The van der Waals surface area contributed by atoms with Gasteiger partial charge >= 0.3 is 11.9 Å². The highest BCUT2D eigenvalue weighted by Crippen LogP contribution is 2.33. The maximum absolute atomic E-state index is 10.8. The van der Waals surface area contributed by atoms with E-state index in [1.54, 1.807) is 0 Å². The molecule has 0 aliphatic heterocycles. The van der Waals surface area contributed by atoms with Crippen molar-refractivity contribution in [1.29, 1.82) is 0 Å². The summed E-state index contributed by atoms with van der Waals surface area (Å²) in [4.78, 5) is 21.5. The molecule has 100 valence electrons. The summed E-state index contributed by atoms with van der Waals surface area (Å²) in [6.45, 7) is 2.44. The van der Waals surface area contributed by atoms with Gasteiger partial charge < -0.3 is 9.47 Å². The van der Waals surface area contributed by atoms with Crippen LogP contribution < -0.4 is 0 Å². The molecule has 0 saturated carbocycles. The van der Waals surface area contributed by atoms with Gasteiger partial charge in [0.1, 0.15) is 6.10 Å². The molecule has 0 fully saturated rings. The lowest BCUT2D eigenvalue weighted by atomic mass is 10.2. The van der Waals surface area contributed by atoms with Crippen LogP contribution in [0, 0.1) is 0 Å². The predicted octanol–water partition coefficient (Wildman–Crippen LogP) is 3.20. The van der Waals surface area contributed by atoms with Gasteiger partial charge in [0.25, 0.3) is 0 Å². The number of esters is 2. The molecule has 0 heterocycles. The van der Waals surface area contributed by atoms with Crippen molar-refractivity contribution in [2.24, 2.45) is 0 Å². The summed E-state index contributed by atoms with van der Waals surface area (Å²) in [5.74, 6) is -1.07. The molecule has 0 spiro atoms. The molecule has 4 nitrogen and oxygen atoms in total. The molecular weight excluding hydrogens is 314 g/mol. The summed E-state index contributed by atoms with van der Waals surface area (Å²) in [6.07, 6.45) is -0.724. The lowest BCUT2D eigenvalue weighted by Gasteiger charge is -2.22. The minimum absolute atomic E-state index is 0.0399. The van der Waals surface area contributed by atoms with Gasteiger partial charge in [0.15, 0.2) is 9.36 Å². The lowest BCUT2D eigenvalue weighted by Crippen LogP contribution is -2.27. The largest absolute Gasteiger partial charge is 0.462 e. The van der Waals surface area contributed by atoms with E-state index < -0.39 is 27.4 Å². The Balaban J connectivity index is 4.37. The Morgan fingerprint density at radius 1 is 1.12 bits per heavy atom. The van der Waals surface area contributed by atoms with E-state index in [1.807, 2.05) is 0 Å². The Morgan fingerprint density at radius 3 is 1.94 bits per heavy atom. The van der Waals surface area contributed by atoms with E-state index >= 15 is 0 Å². The molecule has 0 radical (unpaired) electrons. The van der Waals surface area contributed by atoms with Crippen LogP contribution in [-0.4, -0.2) is 27.4 Å². The number of halogens is 4. The second-order valence-corrected chi connectivity index (χ2v) is 6.31. The molecule has 2 atom stereocenters. The molecule has 0 aliphatic carbocycles. The van der Waals surface area contributed by atoms with E-state index in [-0.39, 0.29) is 12.8 Å². The molecule has 0 bridgehead atoms. The summed E-state index contributed by atoms with van der Waals surface area (Å²) in [5.41, 5.74) is -0.941. The van der Waals surface area contributed by atoms with Crippen LogP contribution >= 0.6 is 46.4 Å². The normalized spacial score (nSPS) is 14.9. The molecule has 17 heavy (non-hydrogen) atoms. The zero-order valence-corrected chi connectivity index (χ0v) is 12.2. The maximum atomic E-state index is 10.8. The summed E-state index contributed by atoms with van der Waals surface area (Å²) >= 11 is 22.5. The maximum Gasteiger partial charge on any atom is 0.304 e. The van der Waals surface area contributed by atoms with E-state index in [2.05, 4.69) is 4.74 Å². The van der Waals surface area contributed by atoms with Gasteiger partial charge in [0.2, 0.25) is 0 Å². The fourth-order valence-electron chi connectivity index (χ4n) is 1.10. The van der Waals surface area contributed by atoms with Crippen molar-refractivity contribution in [3.63, 3.8) is 0 Å². The third-order valence-corrected chi connectivity index (χ3v) is 2.26. The number of rotatable bonds is 5. The highest BCUT2D eigenvalue weighted by molar-refractivity contribution is 6.67. The average Bonchev–Trinajstić information content (AvgIpc) is 1.95. The van der Waals surface area contributed by atoms with E-state index in [9.17, 15) is 9.59 Å². The first kappa shape index (κ1) is 17.1. The van der Waals surface area contributed by atoms with Crippen LogP contribution in [0.1, 0.15) is 26.7 Å². The summed E-state index contributed by atoms with van der Waals surface area (Å²) < 4.78 is 8.02. The number of ether oxygens (including phenoxy) is 2. The van der Waals surface area contributed by atoms with Crippen LogP contribution in [0.15, 0.2) is 0 Å². The Labute approximate surface area is 119 Å². The second-order valence-electron chi connectivity index (χ2n) is 3.31. The smallest absolute Gasteiger partial charge is 0.304 e. The number of alkyl halides is 4. The first-order chi connectivity index (χ1) is 7.60. The van der Waals surface area contributed by atoms with Gasteiger partial charge in [-0.1, -0.05) is 46.4 Å². The molecule has 0 aromatic carbocycles. The van der Waals surface area contributed by atoms with E-state index in [4.69, 9.17) is 51.1 Å². The van der Waals surface area contributed by atoms with Crippen LogP contribution in [0.4, 0.5) is 0 Å². The Kier molecular flexibility index (Phi) is 7.56. The number of hydrogen-bond acceptors (Lipinski definition) is 4. The van der Waals surface area contributed by atoms with Crippen molar-refractivity contribution >= 4 is 58.3 Å². The van der Waals surface area contributed by atoms with Gasteiger partial charge in [-0.25, -0.2) is 0 Å². The van der Waals surface area contributed by atoms with Crippen LogP contribution in [-0.2, 0) is 19.1 Å². The van der Waals surface area contributed by atoms with Crippen molar-refractivity contribution < 1.29 is 19.1 Å². The van der Waals surface area contributed by atoms with E-state index in [1.165, 1.54) is 13.8 Å². The van der Waals surface area contributed by atoms with Crippen molar-refractivity contribution in [2.75, 3.05) is 0 Å². The average molecular weight is 326 g/mol. The molecule has 0 aliphatic rings. The van der Waals surface area contributed by atoms with Gasteiger partial charge in [-0.05, 0) is 0 Å². The molecule has 0 rings (SSSR count). The highest BCUT2D eigenvalue weighted by atomic mass is 35.6. The van der Waals surface area contributed by atoms with Crippen LogP contribution in [0.2, 0.25) is 0 Å². The molecule has 0 saturated heterocycles. The Hall–Kier alpha value is 0.1000. The number of hydrogen-bond donors (Lipinski definition) is 0. The van der Waals surface area contributed by atoms with E-state index in [0.717, 1.165) is 0 Å². The molecule has 0 aromatic rings. The minimum atomic E-state index is -1.58. The quantitative estimate of drug-likeness (QED) is 0.575. The monoisotopic (exact) mass is 324 g/mol. The minimum Gasteiger partial charge on any atom is -0.462 e. The summed E-state index contributed by atoms with van der Waals surface area (Å²) in [5, 5.41) is 0. The molecule has 0 aromatic heterocycles. The fraction of sp³-hybridized carbons (Fsp3) is 0.778. The SMILES string of the molecule is CC(=O)OC(Cl)CC(CC(Cl)(Cl)Cl)OC(C)=O. The number of carbonyl (C=O) groups is 2. The Morgan fingerprint density at radius 2 is 1.59 bits per heavy atom. The van der Waals surface area contributed by atoms with Crippen molar-refractivity contribution in [2.45, 2.75) is 42.1 Å². The summed E-state index contributed by atoms with van der Waals surface area (Å²) in [7, 11) is 0. The summed E-state index contributed by atoms with van der Waals surface area (Å²) in [6, 6.07) is 0. The molecule has 0 amide bonds. The van der Waals surface area contributed by atoms with E-state index in [0.29, 0.717) is 0 Å². The molecule has 0 N–H and O–H groups in total. The van der Waals surface area contributed by atoms with Crippen molar-refractivity contribution in [3.05, 3.63) is 0 Å². The molecule has 8 heteroatoms. The highest BCUT2D eigenvalue weighted by Gasteiger charge is 2.29. The van der Waals surface area contributed by atoms with Gasteiger partial charge in [-0.15, -0.1) is 0 Å². The molecular formula is C9H12Cl4O4. The first-order valence-corrected chi connectivity index (χ1v) is 6.22. The van der Waals surface area contributed by atoms with Gasteiger partial charge in [-0.3, -0.25) is 9.59 Å². The van der Waals surface area contributed by atoms with Gasteiger partial charge in [0.05, 0.1) is 0 Å². The molecule has 2 unspecified atom stereocenters. The fourth-order valence-corrected chi connectivity index (χ4v) is 1.94. The van der Waals surface area contributed by atoms with Crippen LogP contribution in [0.5, 0.6) is 0 Å². The Bertz CT molecular complexity index is 277. The standard InChI is InChI=1S/C9H12Cl4O4/c1-5(14)16-7(4-9(11,12)13)3-8(10)17-6(2)15/h7-8H,3-4H2,1-2H3. The third-order valence-electron chi connectivity index (χ3n) is 1.53. The zero-order chi connectivity index (χ0) is 13.6. The topological polar surface area (TPSA) is 52.6 Å². The third kappa shape index (κ3) is 10.9. The zero-order valence-electron chi connectivity index (χ0n) is 9.21.